The Bertz CT molecular complexity index is 1110. The van der Waals surface area contributed by atoms with Crippen LogP contribution in [-0.2, 0) is 12.7 Å². The van der Waals surface area contributed by atoms with Crippen molar-refractivity contribution < 1.29 is 13.2 Å². The largest absolute Gasteiger partial charge is 0.416 e. The Morgan fingerprint density at radius 3 is 2.55 bits per heavy atom. The van der Waals surface area contributed by atoms with Crippen molar-refractivity contribution in [2.75, 3.05) is 37.4 Å². The van der Waals surface area contributed by atoms with E-state index in [-0.39, 0.29) is 12.1 Å². The predicted molar refractivity (Wildman–Crippen MR) is 115 cm³/mol. The third kappa shape index (κ3) is 4.14. The summed E-state index contributed by atoms with van der Waals surface area (Å²) in [5, 5.41) is 13.4. The summed E-state index contributed by atoms with van der Waals surface area (Å²) >= 11 is 0. The molecule has 1 fully saturated rings. The fourth-order valence-corrected chi connectivity index (χ4v) is 3.79. The number of likely N-dealkylation sites (N-methyl/N-ethyl adjacent to an activating group) is 1. The molecule has 0 saturated carbocycles. The van der Waals surface area contributed by atoms with Gasteiger partial charge in [0.2, 0.25) is 0 Å². The molecule has 0 amide bonds. The summed E-state index contributed by atoms with van der Waals surface area (Å²) in [6, 6.07) is 6.70. The number of anilines is 2. The number of nitrogens with one attached hydrogen (secondary N) is 1. The highest BCUT2D eigenvalue weighted by Crippen LogP contribution is 2.33. The molecular formula is C22H25F3N6. The van der Waals surface area contributed by atoms with Gasteiger partial charge in [0.1, 0.15) is 5.82 Å². The molecule has 0 bridgehead atoms. The summed E-state index contributed by atoms with van der Waals surface area (Å²) in [6.45, 7) is 5.37. The second-order valence-electron chi connectivity index (χ2n) is 8.19. The van der Waals surface area contributed by atoms with Crippen LogP contribution in [0.1, 0.15) is 22.4 Å². The SMILES string of the molecule is Cc1c(CNc2nnc(C)c3cnc(N4CC(N(C)C)C4)cc23)cccc1C(F)(F)F. The summed E-state index contributed by atoms with van der Waals surface area (Å²) in [6.07, 6.45) is -2.59. The Balaban J connectivity index is 1.61. The zero-order valence-electron chi connectivity index (χ0n) is 18.0. The average molecular weight is 430 g/mol. The number of nitrogens with zero attached hydrogens (tertiary/aromatic N) is 5. The van der Waals surface area contributed by atoms with Gasteiger partial charge in [0, 0.05) is 42.6 Å². The quantitative estimate of drug-likeness (QED) is 0.660. The summed E-state index contributed by atoms with van der Waals surface area (Å²) < 4.78 is 39.7. The number of hydrogen-bond acceptors (Lipinski definition) is 6. The van der Waals surface area contributed by atoms with E-state index in [4.69, 9.17) is 0 Å². The third-order valence-electron chi connectivity index (χ3n) is 5.95. The number of fused-ring (bicyclic) bond motifs is 1. The minimum absolute atomic E-state index is 0.213. The normalized spacial score (nSPS) is 14.9. The van der Waals surface area contributed by atoms with E-state index in [1.807, 2.05) is 13.0 Å². The van der Waals surface area contributed by atoms with Crippen LogP contribution in [0.3, 0.4) is 0 Å². The monoisotopic (exact) mass is 430 g/mol. The van der Waals surface area contributed by atoms with E-state index in [9.17, 15) is 13.2 Å². The number of rotatable bonds is 5. The molecule has 0 aliphatic carbocycles. The van der Waals surface area contributed by atoms with Crippen molar-refractivity contribution in [3.05, 3.63) is 52.8 Å². The number of pyridine rings is 1. The van der Waals surface area contributed by atoms with Crippen LogP contribution in [0.15, 0.2) is 30.5 Å². The van der Waals surface area contributed by atoms with E-state index in [1.54, 1.807) is 12.3 Å². The summed E-state index contributed by atoms with van der Waals surface area (Å²) in [7, 11) is 4.12. The molecule has 31 heavy (non-hydrogen) atoms. The Morgan fingerprint density at radius 2 is 1.87 bits per heavy atom. The molecule has 3 heterocycles. The molecule has 4 rings (SSSR count). The zero-order chi connectivity index (χ0) is 22.3. The summed E-state index contributed by atoms with van der Waals surface area (Å²) in [4.78, 5) is 8.97. The second kappa shape index (κ2) is 7.96. The third-order valence-corrected chi connectivity index (χ3v) is 5.95. The van der Waals surface area contributed by atoms with Gasteiger partial charge in [0.25, 0.3) is 0 Å². The highest BCUT2D eigenvalue weighted by molar-refractivity contribution is 5.94. The lowest BCUT2D eigenvalue weighted by Gasteiger charge is -2.43. The first-order valence-electron chi connectivity index (χ1n) is 10.1. The van der Waals surface area contributed by atoms with Gasteiger partial charge < -0.3 is 15.1 Å². The van der Waals surface area contributed by atoms with E-state index < -0.39 is 11.7 Å². The van der Waals surface area contributed by atoms with Gasteiger partial charge in [-0.05, 0) is 51.2 Å². The Hall–Kier alpha value is -2.94. The number of benzene rings is 1. The molecule has 0 atom stereocenters. The van der Waals surface area contributed by atoms with Crippen LogP contribution < -0.4 is 10.2 Å². The van der Waals surface area contributed by atoms with Crippen LogP contribution >= 0.6 is 0 Å². The number of hydrogen-bond donors (Lipinski definition) is 1. The Labute approximate surface area is 179 Å². The molecule has 6 nitrogen and oxygen atoms in total. The maximum absolute atomic E-state index is 13.2. The molecule has 0 spiro atoms. The molecule has 0 radical (unpaired) electrons. The van der Waals surface area contributed by atoms with Gasteiger partial charge in [0.15, 0.2) is 5.82 Å². The maximum Gasteiger partial charge on any atom is 0.416 e. The van der Waals surface area contributed by atoms with Crippen LogP contribution in [0.4, 0.5) is 24.8 Å². The van der Waals surface area contributed by atoms with Crippen LogP contribution in [0.5, 0.6) is 0 Å². The van der Waals surface area contributed by atoms with Crippen molar-refractivity contribution >= 4 is 22.4 Å². The minimum Gasteiger partial charge on any atom is -0.364 e. The molecule has 1 saturated heterocycles. The number of alkyl halides is 3. The fourth-order valence-electron chi connectivity index (χ4n) is 3.79. The lowest BCUT2D eigenvalue weighted by molar-refractivity contribution is -0.138. The smallest absolute Gasteiger partial charge is 0.364 e. The lowest BCUT2D eigenvalue weighted by Crippen LogP contribution is -2.57. The molecule has 1 aromatic carbocycles. The van der Waals surface area contributed by atoms with Gasteiger partial charge in [0.05, 0.1) is 11.3 Å². The Morgan fingerprint density at radius 1 is 1.13 bits per heavy atom. The highest BCUT2D eigenvalue weighted by Gasteiger charge is 2.33. The molecular weight excluding hydrogens is 405 g/mol. The van der Waals surface area contributed by atoms with Crippen molar-refractivity contribution in [2.24, 2.45) is 0 Å². The second-order valence-corrected chi connectivity index (χ2v) is 8.19. The molecule has 3 aromatic rings. The number of aryl methyl sites for hydroxylation is 1. The fraction of sp³-hybridized carbons (Fsp3) is 0.409. The van der Waals surface area contributed by atoms with Gasteiger partial charge >= 0.3 is 6.18 Å². The van der Waals surface area contributed by atoms with Gasteiger partial charge in [-0.1, -0.05) is 12.1 Å². The maximum atomic E-state index is 13.2. The van der Waals surface area contributed by atoms with Gasteiger partial charge in [-0.25, -0.2) is 4.98 Å². The zero-order valence-corrected chi connectivity index (χ0v) is 18.0. The van der Waals surface area contributed by atoms with Crippen LogP contribution in [0.25, 0.3) is 10.8 Å². The highest BCUT2D eigenvalue weighted by atomic mass is 19.4. The molecule has 0 unspecified atom stereocenters. The summed E-state index contributed by atoms with van der Waals surface area (Å²) in [5.74, 6) is 1.39. The molecule has 1 aliphatic heterocycles. The van der Waals surface area contributed by atoms with Crippen molar-refractivity contribution in [1.29, 1.82) is 0 Å². The van der Waals surface area contributed by atoms with Crippen molar-refractivity contribution in [3.63, 3.8) is 0 Å². The first kappa shape index (κ1) is 21.3. The van der Waals surface area contributed by atoms with Gasteiger partial charge in [-0.15, -0.1) is 5.10 Å². The molecule has 1 N–H and O–H groups in total. The van der Waals surface area contributed by atoms with Crippen LogP contribution in [0, 0.1) is 13.8 Å². The molecule has 2 aromatic heterocycles. The topological polar surface area (TPSA) is 57.2 Å². The average Bonchev–Trinajstić information content (AvgIpc) is 2.66. The van der Waals surface area contributed by atoms with Crippen LogP contribution in [0.2, 0.25) is 0 Å². The minimum atomic E-state index is -4.38. The van der Waals surface area contributed by atoms with E-state index in [0.29, 0.717) is 17.4 Å². The van der Waals surface area contributed by atoms with E-state index in [1.165, 1.54) is 13.0 Å². The van der Waals surface area contributed by atoms with Gasteiger partial charge in [-0.2, -0.15) is 18.3 Å². The van der Waals surface area contributed by atoms with Crippen molar-refractivity contribution in [2.45, 2.75) is 32.6 Å². The molecule has 164 valence electrons. The lowest BCUT2D eigenvalue weighted by atomic mass is 10.0. The Kier molecular flexibility index (Phi) is 5.47. The van der Waals surface area contributed by atoms with E-state index >= 15 is 0 Å². The van der Waals surface area contributed by atoms with Gasteiger partial charge in [-0.3, -0.25) is 0 Å². The number of halogens is 3. The molecule has 9 heteroatoms. The first-order valence-corrected chi connectivity index (χ1v) is 10.1. The van der Waals surface area contributed by atoms with Crippen molar-refractivity contribution in [1.82, 2.24) is 20.1 Å². The van der Waals surface area contributed by atoms with E-state index in [2.05, 4.69) is 44.4 Å². The van der Waals surface area contributed by atoms with Crippen LogP contribution in [-0.4, -0.2) is 53.3 Å². The standard InChI is InChI=1S/C22H25F3N6/c1-13-15(6-5-7-19(13)22(23,24)25)9-27-21-17-8-20(31-11-16(12-31)30(3)4)26-10-18(17)14(2)28-29-21/h5-8,10,16H,9,11-12H2,1-4H3,(H,27,29). The number of aromatic nitrogens is 3. The molecule has 1 aliphatic rings. The summed E-state index contributed by atoms with van der Waals surface area (Å²) in [5.41, 5.74) is 0.914. The first-order chi connectivity index (χ1) is 14.6. The van der Waals surface area contributed by atoms with E-state index in [0.717, 1.165) is 41.4 Å². The predicted octanol–water partition coefficient (Wildman–Crippen LogP) is 4.02. The van der Waals surface area contributed by atoms with Crippen molar-refractivity contribution in [3.8, 4) is 0 Å².